The second kappa shape index (κ2) is 12.0. The van der Waals surface area contributed by atoms with Gasteiger partial charge in [0.2, 0.25) is 10.0 Å². The average molecular weight is 608 g/mol. The first kappa shape index (κ1) is 30.8. The maximum Gasteiger partial charge on any atom is 0.393 e. The van der Waals surface area contributed by atoms with Gasteiger partial charge >= 0.3 is 6.18 Å². The van der Waals surface area contributed by atoms with E-state index in [9.17, 15) is 35.9 Å². The summed E-state index contributed by atoms with van der Waals surface area (Å²) in [5.74, 6) is -2.44. The molecule has 0 unspecified atom stereocenters. The molecule has 224 valence electrons. The molecule has 42 heavy (non-hydrogen) atoms. The van der Waals surface area contributed by atoms with E-state index in [4.69, 9.17) is 0 Å². The molecule has 2 aromatic heterocycles. The van der Waals surface area contributed by atoms with Gasteiger partial charge in [0, 0.05) is 25.1 Å². The number of ketones is 1. The Bertz CT molecular complexity index is 1740. The van der Waals surface area contributed by atoms with Crippen LogP contribution < -0.4 is 9.62 Å². The van der Waals surface area contributed by atoms with E-state index in [1.807, 2.05) is 0 Å². The average Bonchev–Trinajstić information content (AvgIpc) is 3.37. The van der Waals surface area contributed by atoms with Crippen LogP contribution in [-0.2, 0) is 23.0 Å². The number of phenols is 1. The Kier molecular flexibility index (Phi) is 8.76. The molecule has 2 aromatic carbocycles. The standard InChI is InChI=1S/C28H29F4N5O4S/c1-4-23(38)26-25-21(35-36-26)13-20(18-12-19(29)24(39)11-17(18)14-28(30,31)32)34-27(25)33-15-16-9-7-8-10-22(16)37(5-2)42(40,41)6-3/h7-13,39H,4-6,14-15H2,1-3H3,(H,33,34)(H,35,36). The molecule has 0 radical (unpaired) electrons. The monoisotopic (exact) mass is 607 g/mol. The van der Waals surface area contributed by atoms with E-state index in [1.165, 1.54) is 17.3 Å². The third-order valence-corrected chi connectivity index (χ3v) is 8.52. The largest absolute Gasteiger partial charge is 0.505 e. The van der Waals surface area contributed by atoms with Crippen LogP contribution in [0.2, 0.25) is 0 Å². The quantitative estimate of drug-likeness (QED) is 0.142. The molecular formula is C28H29F4N5O4S. The second-order valence-electron chi connectivity index (χ2n) is 9.43. The summed E-state index contributed by atoms with van der Waals surface area (Å²) in [6, 6.07) is 9.61. The highest BCUT2D eigenvalue weighted by atomic mass is 32.2. The zero-order valence-corrected chi connectivity index (χ0v) is 23.8. The molecule has 0 atom stereocenters. The van der Waals surface area contributed by atoms with Gasteiger partial charge in [-0.15, -0.1) is 0 Å². The lowest BCUT2D eigenvalue weighted by Gasteiger charge is -2.25. The Morgan fingerprint density at radius 1 is 1.10 bits per heavy atom. The Morgan fingerprint density at radius 3 is 2.45 bits per heavy atom. The first-order valence-electron chi connectivity index (χ1n) is 13.1. The van der Waals surface area contributed by atoms with Crippen molar-refractivity contribution in [3.8, 4) is 17.0 Å². The lowest BCUT2D eigenvalue weighted by Crippen LogP contribution is -2.33. The van der Waals surface area contributed by atoms with Crippen molar-refractivity contribution in [1.82, 2.24) is 15.2 Å². The number of aromatic nitrogens is 3. The highest BCUT2D eigenvalue weighted by molar-refractivity contribution is 7.92. The normalized spacial score (nSPS) is 12.1. The van der Waals surface area contributed by atoms with Gasteiger partial charge in [0.15, 0.2) is 17.3 Å². The van der Waals surface area contributed by atoms with E-state index in [2.05, 4.69) is 20.5 Å². The number of hydrogen-bond donors (Lipinski definition) is 3. The van der Waals surface area contributed by atoms with Crippen LogP contribution >= 0.6 is 0 Å². The lowest BCUT2D eigenvalue weighted by molar-refractivity contribution is -0.127. The van der Waals surface area contributed by atoms with Crippen molar-refractivity contribution in [3.05, 3.63) is 65.1 Å². The smallest absolute Gasteiger partial charge is 0.393 e. The van der Waals surface area contributed by atoms with Crippen LogP contribution in [0.4, 0.5) is 29.1 Å². The summed E-state index contributed by atoms with van der Waals surface area (Å²) in [6.45, 7) is 5.08. The minimum absolute atomic E-state index is 0.0156. The summed E-state index contributed by atoms with van der Waals surface area (Å²) in [6.07, 6.45) is -6.00. The highest BCUT2D eigenvalue weighted by Crippen LogP contribution is 2.36. The van der Waals surface area contributed by atoms with Crippen LogP contribution in [0.1, 0.15) is 48.8 Å². The van der Waals surface area contributed by atoms with E-state index in [1.54, 1.807) is 38.1 Å². The third-order valence-electron chi connectivity index (χ3n) is 6.66. The number of halogens is 4. The van der Waals surface area contributed by atoms with Gasteiger partial charge < -0.3 is 10.4 Å². The molecule has 4 rings (SSSR count). The molecule has 14 heteroatoms. The zero-order valence-electron chi connectivity index (χ0n) is 23.0. The van der Waals surface area contributed by atoms with Gasteiger partial charge in [-0.25, -0.2) is 17.8 Å². The number of sulfonamides is 1. The van der Waals surface area contributed by atoms with Gasteiger partial charge in [-0.05, 0) is 49.2 Å². The van der Waals surface area contributed by atoms with Crippen molar-refractivity contribution in [2.75, 3.05) is 21.9 Å². The second-order valence-corrected chi connectivity index (χ2v) is 11.6. The summed E-state index contributed by atoms with van der Waals surface area (Å²) < 4.78 is 81.3. The number of nitrogens with one attached hydrogen (secondary N) is 2. The fourth-order valence-electron chi connectivity index (χ4n) is 4.64. The number of pyridine rings is 1. The number of para-hydroxylation sites is 1. The van der Waals surface area contributed by atoms with Crippen molar-refractivity contribution >= 4 is 38.2 Å². The molecule has 0 saturated carbocycles. The Hall–Kier alpha value is -4.20. The molecule has 9 nitrogen and oxygen atoms in total. The number of carbonyl (C=O) groups excluding carboxylic acids is 1. The number of Topliss-reactive ketones (excluding diaryl/α,β-unsaturated/α-hetero) is 1. The van der Waals surface area contributed by atoms with Crippen molar-refractivity contribution in [1.29, 1.82) is 0 Å². The number of anilines is 2. The number of hydrogen-bond acceptors (Lipinski definition) is 7. The first-order valence-corrected chi connectivity index (χ1v) is 14.7. The number of rotatable bonds is 11. The SMILES string of the molecule is CCC(=O)c1n[nH]c2cc(-c3cc(F)c(O)cc3CC(F)(F)F)nc(NCc3ccccc3N(CC)S(=O)(=O)CC)c12. The van der Waals surface area contributed by atoms with Crippen LogP contribution in [0.25, 0.3) is 22.2 Å². The molecule has 0 aliphatic rings. The molecule has 3 N–H and O–H groups in total. The van der Waals surface area contributed by atoms with Gasteiger partial charge in [0.05, 0.1) is 34.5 Å². The molecule has 4 aromatic rings. The number of aromatic amines is 1. The van der Waals surface area contributed by atoms with Gasteiger partial charge in [-0.1, -0.05) is 25.1 Å². The van der Waals surface area contributed by atoms with Gasteiger partial charge in [-0.3, -0.25) is 14.2 Å². The summed E-state index contributed by atoms with van der Waals surface area (Å²) in [4.78, 5) is 17.2. The minimum Gasteiger partial charge on any atom is -0.505 e. The van der Waals surface area contributed by atoms with Gasteiger partial charge in [0.1, 0.15) is 11.5 Å². The maximum atomic E-state index is 14.4. The van der Waals surface area contributed by atoms with E-state index < -0.39 is 39.8 Å². The van der Waals surface area contributed by atoms with E-state index >= 15 is 0 Å². The molecule has 0 amide bonds. The summed E-state index contributed by atoms with van der Waals surface area (Å²) >= 11 is 0. The van der Waals surface area contributed by atoms with Crippen LogP contribution in [0.3, 0.4) is 0 Å². The Balaban J connectivity index is 1.87. The Labute approximate surface area is 239 Å². The van der Waals surface area contributed by atoms with E-state index in [0.717, 1.165) is 6.07 Å². The van der Waals surface area contributed by atoms with E-state index in [0.29, 0.717) is 17.3 Å². The predicted octanol–water partition coefficient (Wildman–Crippen LogP) is 5.96. The molecule has 0 spiro atoms. The third kappa shape index (κ3) is 6.32. The number of benzene rings is 2. The molecule has 2 heterocycles. The van der Waals surface area contributed by atoms with Gasteiger partial charge in [-0.2, -0.15) is 18.3 Å². The Morgan fingerprint density at radius 2 is 1.81 bits per heavy atom. The molecular weight excluding hydrogens is 578 g/mol. The van der Waals surface area contributed by atoms with Crippen LogP contribution in [0, 0.1) is 5.82 Å². The molecule has 0 saturated heterocycles. The summed E-state index contributed by atoms with van der Waals surface area (Å²) in [5, 5.41) is 20.0. The summed E-state index contributed by atoms with van der Waals surface area (Å²) in [7, 11) is -3.60. The highest BCUT2D eigenvalue weighted by Gasteiger charge is 2.31. The number of carbonyl (C=O) groups is 1. The molecule has 0 aliphatic heterocycles. The lowest BCUT2D eigenvalue weighted by atomic mass is 9.99. The number of aromatic hydroxyl groups is 1. The molecule has 0 fully saturated rings. The van der Waals surface area contributed by atoms with Crippen LogP contribution in [-0.4, -0.2) is 53.0 Å². The first-order chi connectivity index (χ1) is 19.8. The van der Waals surface area contributed by atoms with Crippen molar-refractivity contribution in [2.45, 2.75) is 46.3 Å². The number of fused-ring (bicyclic) bond motifs is 1. The predicted molar refractivity (Wildman–Crippen MR) is 152 cm³/mol. The molecule has 0 bridgehead atoms. The fourth-order valence-corrected chi connectivity index (χ4v) is 5.82. The zero-order chi connectivity index (χ0) is 30.8. The molecule has 0 aliphatic carbocycles. The van der Waals surface area contributed by atoms with Crippen LogP contribution in [0.15, 0.2) is 42.5 Å². The number of nitrogens with zero attached hydrogens (tertiary/aromatic N) is 3. The maximum absolute atomic E-state index is 14.4. The summed E-state index contributed by atoms with van der Waals surface area (Å²) in [5.41, 5.74) is 0.610. The topological polar surface area (TPSA) is 128 Å². The number of phenolic OH excluding ortho intramolecular Hbond substituents is 1. The number of alkyl halides is 3. The van der Waals surface area contributed by atoms with Gasteiger partial charge in [0.25, 0.3) is 0 Å². The van der Waals surface area contributed by atoms with Crippen molar-refractivity contribution in [3.63, 3.8) is 0 Å². The number of H-pyrrole nitrogens is 1. The van der Waals surface area contributed by atoms with Crippen LogP contribution in [0.5, 0.6) is 5.75 Å². The van der Waals surface area contributed by atoms with Crippen molar-refractivity contribution < 1.29 is 35.9 Å². The minimum atomic E-state index is -4.66. The fraction of sp³-hybridized carbons (Fsp3) is 0.321. The van der Waals surface area contributed by atoms with Crippen molar-refractivity contribution in [2.24, 2.45) is 0 Å². The van der Waals surface area contributed by atoms with E-state index in [-0.39, 0.29) is 64.7 Å².